The van der Waals surface area contributed by atoms with Crippen LogP contribution in [0.3, 0.4) is 0 Å². The third kappa shape index (κ3) is 6.23. The van der Waals surface area contributed by atoms with E-state index in [4.69, 9.17) is 5.11 Å². The molecule has 0 amide bonds. The Hall–Kier alpha value is -1.31. The summed E-state index contributed by atoms with van der Waals surface area (Å²) in [6, 6.07) is 8.31. The first-order valence-electron chi connectivity index (χ1n) is 7.94. The zero-order valence-corrected chi connectivity index (χ0v) is 12.9. The van der Waals surface area contributed by atoms with E-state index in [1.807, 2.05) is 13.0 Å². The Morgan fingerprint density at radius 3 is 2.45 bits per heavy atom. The number of aryl methyl sites for hydroxylation is 1. The van der Waals surface area contributed by atoms with Gasteiger partial charge in [-0.3, -0.25) is 4.79 Å². The van der Waals surface area contributed by atoms with E-state index < -0.39 is 5.97 Å². The molecule has 0 saturated carbocycles. The van der Waals surface area contributed by atoms with Crippen LogP contribution in [0.25, 0.3) is 0 Å². The average Bonchev–Trinajstić information content (AvgIpc) is 2.42. The number of rotatable bonds is 10. The van der Waals surface area contributed by atoms with Gasteiger partial charge >= 0.3 is 5.97 Å². The summed E-state index contributed by atoms with van der Waals surface area (Å²) in [5.41, 5.74) is 2.54. The first-order chi connectivity index (χ1) is 9.65. The quantitative estimate of drug-likeness (QED) is 0.599. The Kier molecular flexibility index (Phi) is 8.01. The fourth-order valence-electron chi connectivity index (χ4n) is 2.71. The minimum atomic E-state index is -0.716. The molecule has 1 N–H and O–H groups in total. The molecule has 0 spiro atoms. The normalized spacial score (nSPS) is 12.3. The summed E-state index contributed by atoms with van der Waals surface area (Å²) < 4.78 is 0. The third-order valence-electron chi connectivity index (χ3n) is 3.87. The zero-order chi connectivity index (χ0) is 14.8. The first kappa shape index (κ1) is 16.7. The second kappa shape index (κ2) is 9.57. The van der Waals surface area contributed by atoms with Crippen molar-refractivity contribution in [1.29, 1.82) is 0 Å². The molecule has 0 aliphatic rings. The molecule has 112 valence electrons. The van der Waals surface area contributed by atoms with Gasteiger partial charge in [-0.1, -0.05) is 70.2 Å². The number of carbonyl (C=O) groups is 1. The fourth-order valence-corrected chi connectivity index (χ4v) is 2.71. The molecule has 0 aliphatic heterocycles. The van der Waals surface area contributed by atoms with Crippen LogP contribution in [0.5, 0.6) is 0 Å². The third-order valence-corrected chi connectivity index (χ3v) is 3.87. The van der Waals surface area contributed by atoms with Crippen molar-refractivity contribution in [3.05, 3.63) is 35.4 Å². The highest BCUT2D eigenvalue weighted by molar-refractivity contribution is 5.68. The van der Waals surface area contributed by atoms with Crippen LogP contribution in [0, 0.1) is 0 Å². The van der Waals surface area contributed by atoms with E-state index in [1.165, 1.54) is 49.7 Å². The van der Waals surface area contributed by atoms with E-state index in [0.29, 0.717) is 0 Å². The molecule has 20 heavy (non-hydrogen) atoms. The van der Waals surface area contributed by atoms with Crippen molar-refractivity contribution in [2.75, 3.05) is 0 Å². The molecule has 2 nitrogen and oxygen atoms in total. The van der Waals surface area contributed by atoms with Gasteiger partial charge in [0.25, 0.3) is 0 Å². The van der Waals surface area contributed by atoms with Gasteiger partial charge in [0.05, 0.1) is 6.42 Å². The second-order valence-corrected chi connectivity index (χ2v) is 5.72. The predicted molar refractivity (Wildman–Crippen MR) is 84.2 cm³/mol. The summed E-state index contributed by atoms with van der Waals surface area (Å²) in [6.07, 6.45) is 9.07. The molecule has 2 heteroatoms. The zero-order valence-electron chi connectivity index (χ0n) is 12.9. The minimum Gasteiger partial charge on any atom is -0.481 e. The summed E-state index contributed by atoms with van der Waals surface area (Å²) in [7, 11) is 0. The lowest BCUT2D eigenvalue weighted by molar-refractivity contribution is -0.137. The maximum Gasteiger partial charge on any atom is 0.303 e. The average molecular weight is 276 g/mol. The van der Waals surface area contributed by atoms with E-state index in [9.17, 15) is 4.79 Å². The lowest BCUT2D eigenvalue weighted by atomic mass is 9.90. The van der Waals surface area contributed by atoms with Crippen molar-refractivity contribution < 1.29 is 9.90 Å². The van der Waals surface area contributed by atoms with Crippen molar-refractivity contribution in [2.45, 2.75) is 71.1 Å². The SMILES string of the molecule is CCCCCCCCc1ccccc1C(C)CC(=O)O. The van der Waals surface area contributed by atoms with Crippen LogP contribution in [0.1, 0.15) is 75.8 Å². The molecule has 0 bridgehead atoms. The number of hydrogen-bond acceptors (Lipinski definition) is 1. The molecule has 0 aromatic heterocycles. The molecule has 0 radical (unpaired) electrons. The van der Waals surface area contributed by atoms with Crippen LogP contribution in [-0.4, -0.2) is 11.1 Å². The summed E-state index contributed by atoms with van der Waals surface area (Å²) in [4.78, 5) is 10.9. The number of carboxylic acids is 1. The van der Waals surface area contributed by atoms with Gasteiger partial charge in [0.15, 0.2) is 0 Å². The number of hydrogen-bond donors (Lipinski definition) is 1. The molecular formula is C18H28O2. The monoisotopic (exact) mass is 276 g/mol. The number of unbranched alkanes of at least 4 members (excludes halogenated alkanes) is 5. The minimum absolute atomic E-state index is 0.101. The summed E-state index contributed by atoms with van der Waals surface area (Å²) in [5.74, 6) is -0.615. The lowest BCUT2D eigenvalue weighted by Gasteiger charge is -2.14. The molecule has 0 aliphatic carbocycles. The van der Waals surface area contributed by atoms with Gasteiger partial charge in [-0.15, -0.1) is 0 Å². The van der Waals surface area contributed by atoms with Crippen molar-refractivity contribution in [2.24, 2.45) is 0 Å². The van der Waals surface area contributed by atoms with Gasteiger partial charge in [0, 0.05) is 0 Å². The van der Waals surface area contributed by atoms with Crippen molar-refractivity contribution in [3.8, 4) is 0 Å². The van der Waals surface area contributed by atoms with Crippen LogP contribution in [0.2, 0.25) is 0 Å². The molecule has 1 aromatic carbocycles. The van der Waals surface area contributed by atoms with E-state index in [-0.39, 0.29) is 12.3 Å². The Balaban J connectivity index is 2.46. The van der Waals surface area contributed by atoms with Crippen LogP contribution in [-0.2, 0) is 11.2 Å². The standard InChI is InChI=1S/C18H28O2/c1-3-4-5-6-7-8-11-16-12-9-10-13-17(16)15(2)14-18(19)20/h9-10,12-13,15H,3-8,11,14H2,1-2H3,(H,19,20). The highest BCUT2D eigenvalue weighted by Gasteiger charge is 2.13. The highest BCUT2D eigenvalue weighted by Crippen LogP contribution is 2.24. The van der Waals surface area contributed by atoms with Gasteiger partial charge in [0.1, 0.15) is 0 Å². The van der Waals surface area contributed by atoms with Gasteiger partial charge < -0.3 is 5.11 Å². The van der Waals surface area contributed by atoms with Crippen molar-refractivity contribution in [1.82, 2.24) is 0 Å². The summed E-state index contributed by atoms with van der Waals surface area (Å²) in [5, 5.41) is 8.93. The smallest absolute Gasteiger partial charge is 0.303 e. The maximum absolute atomic E-state index is 10.9. The molecular weight excluding hydrogens is 248 g/mol. The van der Waals surface area contributed by atoms with Crippen LogP contribution < -0.4 is 0 Å². The lowest BCUT2D eigenvalue weighted by Crippen LogP contribution is -2.05. The molecule has 0 heterocycles. The largest absolute Gasteiger partial charge is 0.481 e. The molecule has 1 aromatic rings. The molecule has 1 unspecified atom stereocenters. The molecule has 0 fully saturated rings. The summed E-state index contributed by atoms with van der Waals surface area (Å²) >= 11 is 0. The fraction of sp³-hybridized carbons (Fsp3) is 0.611. The van der Waals surface area contributed by atoms with Crippen molar-refractivity contribution in [3.63, 3.8) is 0 Å². The summed E-state index contributed by atoms with van der Waals surface area (Å²) in [6.45, 7) is 4.24. The Bertz CT molecular complexity index is 398. The Morgan fingerprint density at radius 1 is 1.10 bits per heavy atom. The van der Waals surface area contributed by atoms with Crippen LogP contribution in [0.15, 0.2) is 24.3 Å². The van der Waals surface area contributed by atoms with E-state index in [0.717, 1.165) is 6.42 Å². The van der Waals surface area contributed by atoms with Gasteiger partial charge in [-0.2, -0.15) is 0 Å². The predicted octanol–water partition coefficient (Wildman–Crippen LogP) is 5.17. The highest BCUT2D eigenvalue weighted by atomic mass is 16.4. The molecule has 1 atom stereocenters. The van der Waals surface area contributed by atoms with Gasteiger partial charge in [-0.25, -0.2) is 0 Å². The van der Waals surface area contributed by atoms with Crippen LogP contribution >= 0.6 is 0 Å². The Morgan fingerprint density at radius 2 is 1.75 bits per heavy atom. The number of aliphatic carboxylic acids is 1. The second-order valence-electron chi connectivity index (χ2n) is 5.72. The van der Waals surface area contributed by atoms with Crippen LogP contribution in [0.4, 0.5) is 0 Å². The van der Waals surface area contributed by atoms with E-state index in [2.05, 4.69) is 25.1 Å². The first-order valence-corrected chi connectivity index (χ1v) is 7.94. The number of benzene rings is 1. The maximum atomic E-state index is 10.9. The van der Waals surface area contributed by atoms with E-state index in [1.54, 1.807) is 0 Å². The molecule has 1 rings (SSSR count). The Labute approximate surface area is 123 Å². The van der Waals surface area contributed by atoms with Crippen molar-refractivity contribution >= 4 is 5.97 Å². The topological polar surface area (TPSA) is 37.3 Å². The van der Waals surface area contributed by atoms with Gasteiger partial charge in [0.2, 0.25) is 0 Å². The van der Waals surface area contributed by atoms with Gasteiger partial charge in [-0.05, 0) is 29.9 Å². The number of carboxylic acid groups (broad SMARTS) is 1. The molecule has 0 saturated heterocycles. The van der Waals surface area contributed by atoms with E-state index >= 15 is 0 Å².